The number of amides is 1. The molecule has 2 rings (SSSR count). The first kappa shape index (κ1) is 18.2. The maximum absolute atomic E-state index is 12.2. The van der Waals surface area contributed by atoms with Crippen LogP contribution in [0, 0.1) is 6.92 Å². The molecule has 0 aliphatic rings. The molecule has 1 unspecified atom stereocenters. The number of benzene rings is 1. The monoisotopic (exact) mass is 393 g/mol. The van der Waals surface area contributed by atoms with Gasteiger partial charge in [0, 0.05) is 23.6 Å². The van der Waals surface area contributed by atoms with E-state index in [1.165, 1.54) is 7.11 Å². The first-order valence-electron chi connectivity index (χ1n) is 7.58. The fraction of sp³-hybridized carbons (Fsp3) is 0.353. The van der Waals surface area contributed by atoms with E-state index in [4.69, 9.17) is 4.74 Å². The van der Waals surface area contributed by atoms with Gasteiger partial charge in [-0.3, -0.25) is 14.3 Å². The summed E-state index contributed by atoms with van der Waals surface area (Å²) >= 11 is 3.40. The van der Waals surface area contributed by atoms with Crippen molar-refractivity contribution in [3.8, 4) is 0 Å². The average molecular weight is 394 g/mol. The van der Waals surface area contributed by atoms with E-state index in [1.807, 2.05) is 37.4 Å². The molecule has 1 amide bonds. The number of aryl methyl sites for hydroxylation is 2. The molecule has 0 aliphatic heterocycles. The Morgan fingerprint density at radius 3 is 2.83 bits per heavy atom. The second-order valence-corrected chi connectivity index (χ2v) is 6.40. The molecule has 128 valence electrons. The van der Waals surface area contributed by atoms with E-state index in [1.54, 1.807) is 10.9 Å². The zero-order chi connectivity index (χ0) is 17.5. The molecule has 0 saturated carbocycles. The van der Waals surface area contributed by atoms with Crippen LogP contribution in [0.4, 0.5) is 0 Å². The molecule has 0 fully saturated rings. The van der Waals surface area contributed by atoms with Crippen LogP contribution in [0.2, 0.25) is 0 Å². The van der Waals surface area contributed by atoms with Gasteiger partial charge in [-0.15, -0.1) is 0 Å². The molecule has 7 heteroatoms. The lowest BCUT2D eigenvalue weighted by molar-refractivity contribution is -0.141. The third-order valence-electron chi connectivity index (χ3n) is 3.52. The van der Waals surface area contributed by atoms with Crippen molar-refractivity contribution in [3.63, 3.8) is 0 Å². The molecule has 1 aromatic heterocycles. The van der Waals surface area contributed by atoms with Gasteiger partial charge >= 0.3 is 5.97 Å². The summed E-state index contributed by atoms with van der Waals surface area (Å²) in [5.74, 6) is -0.514. The van der Waals surface area contributed by atoms with Crippen molar-refractivity contribution >= 4 is 27.8 Å². The molecule has 0 bridgehead atoms. The highest BCUT2D eigenvalue weighted by molar-refractivity contribution is 9.10. The van der Waals surface area contributed by atoms with Gasteiger partial charge in [-0.05, 0) is 30.2 Å². The summed E-state index contributed by atoms with van der Waals surface area (Å²) in [5.41, 5.74) is 1.89. The number of nitrogens with zero attached hydrogens (tertiary/aromatic N) is 2. The van der Waals surface area contributed by atoms with E-state index in [0.717, 1.165) is 15.6 Å². The third-order valence-corrected chi connectivity index (χ3v) is 4.01. The number of esters is 1. The van der Waals surface area contributed by atoms with Crippen LogP contribution < -0.4 is 5.32 Å². The number of hydrogen-bond acceptors (Lipinski definition) is 4. The topological polar surface area (TPSA) is 73.2 Å². The normalized spacial score (nSPS) is 11.8. The summed E-state index contributed by atoms with van der Waals surface area (Å²) in [4.78, 5) is 23.9. The quantitative estimate of drug-likeness (QED) is 0.733. The zero-order valence-corrected chi connectivity index (χ0v) is 15.2. The van der Waals surface area contributed by atoms with Crippen molar-refractivity contribution in [1.29, 1.82) is 0 Å². The van der Waals surface area contributed by atoms with E-state index >= 15 is 0 Å². The predicted octanol–water partition coefficient (Wildman–Crippen LogP) is 2.76. The van der Waals surface area contributed by atoms with Gasteiger partial charge in [0.15, 0.2) is 0 Å². The van der Waals surface area contributed by atoms with Gasteiger partial charge < -0.3 is 10.1 Å². The maximum atomic E-state index is 12.2. The summed E-state index contributed by atoms with van der Waals surface area (Å²) in [6.07, 6.45) is 4.00. The van der Waals surface area contributed by atoms with Crippen molar-refractivity contribution in [2.75, 3.05) is 7.11 Å². The molecule has 1 aromatic carbocycles. The molecule has 6 nitrogen and oxygen atoms in total. The molecule has 24 heavy (non-hydrogen) atoms. The van der Waals surface area contributed by atoms with Crippen LogP contribution in [0.15, 0.2) is 41.1 Å². The molecular formula is C17H20BrN3O3. The Morgan fingerprint density at radius 1 is 1.42 bits per heavy atom. The van der Waals surface area contributed by atoms with Crippen molar-refractivity contribution < 1.29 is 14.3 Å². The minimum Gasteiger partial charge on any atom is -0.469 e. The highest BCUT2D eigenvalue weighted by Crippen LogP contribution is 2.21. The second-order valence-electron chi connectivity index (χ2n) is 5.49. The van der Waals surface area contributed by atoms with Gasteiger partial charge in [0.1, 0.15) is 0 Å². The van der Waals surface area contributed by atoms with E-state index < -0.39 is 6.04 Å². The molecule has 0 spiro atoms. The number of carbonyl (C=O) groups excluding carboxylic acids is 2. The molecule has 0 saturated heterocycles. The number of nitrogens with one attached hydrogen (secondary N) is 1. The third kappa shape index (κ3) is 5.49. The minimum absolute atomic E-state index is 0.0829. The smallest absolute Gasteiger partial charge is 0.307 e. The number of carbonyl (C=O) groups is 2. The fourth-order valence-corrected chi connectivity index (χ4v) is 2.71. The maximum Gasteiger partial charge on any atom is 0.307 e. The SMILES string of the molecule is COC(=O)CC(NC(=O)CCn1cc(C)cn1)c1cccc(Br)c1. The number of halogens is 1. The lowest BCUT2D eigenvalue weighted by Crippen LogP contribution is -2.31. The Hall–Kier alpha value is -2.15. The summed E-state index contributed by atoms with van der Waals surface area (Å²) in [5, 5.41) is 7.06. The highest BCUT2D eigenvalue weighted by atomic mass is 79.9. The number of rotatable bonds is 7. The molecule has 1 atom stereocenters. The summed E-state index contributed by atoms with van der Waals surface area (Å²) < 4.78 is 7.34. The molecule has 1 N–H and O–H groups in total. The van der Waals surface area contributed by atoms with Crippen molar-refractivity contribution in [3.05, 3.63) is 52.3 Å². The van der Waals surface area contributed by atoms with Crippen LogP contribution in [0.25, 0.3) is 0 Å². The van der Waals surface area contributed by atoms with Gasteiger partial charge in [0.2, 0.25) is 5.91 Å². The van der Waals surface area contributed by atoms with E-state index in [2.05, 4.69) is 26.3 Å². The number of hydrogen-bond donors (Lipinski definition) is 1. The lowest BCUT2D eigenvalue weighted by Gasteiger charge is -2.18. The summed E-state index contributed by atoms with van der Waals surface area (Å²) in [6, 6.07) is 7.07. The first-order chi connectivity index (χ1) is 11.5. The zero-order valence-electron chi connectivity index (χ0n) is 13.7. The van der Waals surface area contributed by atoms with Crippen molar-refractivity contribution in [2.24, 2.45) is 0 Å². The first-order valence-corrected chi connectivity index (χ1v) is 8.38. The van der Waals surface area contributed by atoms with Gasteiger partial charge in [-0.1, -0.05) is 28.1 Å². The van der Waals surface area contributed by atoms with Gasteiger partial charge in [0.05, 0.1) is 25.8 Å². The van der Waals surface area contributed by atoms with Crippen molar-refractivity contribution in [2.45, 2.75) is 32.4 Å². The standard InChI is InChI=1S/C17H20BrN3O3/c1-12-10-19-21(11-12)7-6-16(22)20-15(9-17(23)24-2)13-4-3-5-14(18)8-13/h3-5,8,10-11,15H,6-7,9H2,1-2H3,(H,20,22). The van der Waals surface area contributed by atoms with Crippen LogP contribution in [-0.2, 0) is 20.9 Å². The number of aromatic nitrogens is 2. The predicted molar refractivity (Wildman–Crippen MR) is 93.2 cm³/mol. The van der Waals surface area contributed by atoms with Crippen LogP contribution in [-0.4, -0.2) is 28.8 Å². The molecule has 0 aliphatic carbocycles. The fourth-order valence-electron chi connectivity index (χ4n) is 2.30. The van der Waals surface area contributed by atoms with Gasteiger partial charge in [0.25, 0.3) is 0 Å². The van der Waals surface area contributed by atoms with Crippen LogP contribution in [0.5, 0.6) is 0 Å². The van der Waals surface area contributed by atoms with Crippen LogP contribution >= 0.6 is 15.9 Å². The Kier molecular flexibility index (Phi) is 6.54. The Bertz CT molecular complexity index is 715. The summed E-state index contributed by atoms with van der Waals surface area (Å²) in [6.45, 7) is 2.44. The molecular weight excluding hydrogens is 374 g/mol. The Labute approximate surface area is 149 Å². The number of methoxy groups -OCH3 is 1. The van der Waals surface area contributed by atoms with E-state index in [-0.39, 0.29) is 24.7 Å². The van der Waals surface area contributed by atoms with Crippen LogP contribution in [0.1, 0.15) is 30.0 Å². The minimum atomic E-state index is -0.429. The lowest BCUT2D eigenvalue weighted by atomic mass is 10.0. The van der Waals surface area contributed by atoms with Gasteiger partial charge in [-0.2, -0.15) is 5.10 Å². The van der Waals surface area contributed by atoms with Crippen LogP contribution in [0.3, 0.4) is 0 Å². The molecule has 2 aromatic rings. The Balaban J connectivity index is 2.01. The average Bonchev–Trinajstić information content (AvgIpc) is 2.97. The number of ether oxygens (including phenoxy) is 1. The molecule has 1 heterocycles. The van der Waals surface area contributed by atoms with E-state index in [0.29, 0.717) is 6.54 Å². The van der Waals surface area contributed by atoms with Crippen molar-refractivity contribution in [1.82, 2.24) is 15.1 Å². The largest absolute Gasteiger partial charge is 0.469 e. The second kappa shape index (κ2) is 8.63. The van der Waals surface area contributed by atoms with Gasteiger partial charge in [-0.25, -0.2) is 0 Å². The Morgan fingerprint density at radius 2 is 2.21 bits per heavy atom. The van der Waals surface area contributed by atoms with E-state index in [9.17, 15) is 9.59 Å². The highest BCUT2D eigenvalue weighted by Gasteiger charge is 2.19. The molecule has 0 radical (unpaired) electrons. The summed E-state index contributed by atoms with van der Waals surface area (Å²) in [7, 11) is 1.34.